The van der Waals surface area contributed by atoms with Crippen molar-refractivity contribution in [3.8, 4) is 0 Å². The highest BCUT2D eigenvalue weighted by molar-refractivity contribution is 7.12. The molecule has 1 aromatic carbocycles. The Bertz CT molecular complexity index is 566. The number of hydrogen-bond acceptors (Lipinski definition) is 3. The fourth-order valence-electron chi connectivity index (χ4n) is 1.42. The van der Waals surface area contributed by atoms with Gasteiger partial charge in [-0.15, -0.1) is 11.3 Å². The van der Waals surface area contributed by atoms with Crippen molar-refractivity contribution >= 4 is 34.6 Å². The molecular weight excluding hydrogens is 270 g/mol. The first-order valence-electron chi connectivity index (χ1n) is 5.27. The normalized spacial score (nSPS) is 10.1. The lowest BCUT2D eigenvalue weighted by atomic mass is 10.1. The first kappa shape index (κ1) is 12.8. The van der Waals surface area contributed by atoms with E-state index in [0.717, 1.165) is 0 Å². The maximum Gasteiger partial charge on any atom is 0.261 e. The highest BCUT2D eigenvalue weighted by Gasteiger charge is 2.10. The number of halogens is 1. The van der Waals surface area contributed by atoms with Crippen LogP contribution in [0.2, 0.25) is 5.02 Å². The van der Waals surface area contributed by atoms with Gasteiger partial charge in [0.1, 0.15) is 0 Å². The van der Waals surface area contributed by atoms with E-state index in [4.69, 9.17) is 11.6 Å². The summed E-state index contributed by atoms with van der Waals surface area (Å²) in [6.45, 7) is -0.0307. The van der Waals surface area contributed by atoms with Gasteiger partial charge in [-0.2, -0.15) is 0 Å². The number of carbonyl (C=O) groups excluding carboxylic acids is 2. The van der Waals surface area contributed by atoms with E-state index < -0.39 is 0 Å². The molecule has 3 nitrogen and oxygen atoms in total. The second-order valence-corrected chi connectivity index (χ2v) is 4.98. The van der Waals surface area contributed by atoms with Crippen molar-refractivity contribution in [3.05, 3.63) is 57.2 Å². The summed E-state index contributed by atoms with van der Waals surface area (Å²) in [5.74, 6) is -0.400. The van der Waals surface area contributed by atoms with Crippen LogP contribution in [-0.2, 0) is 0 Å². The Kier molecular flexibility index (Phi) is 4.12. The molecule has 0 saturated heterocycles. The highest BCUT2D eigenvalue weighted by Crippen LogP contribution is 2.11. The molecule has 0 aliphatic heterocycles. The summed E-state index contributed by atoms with van der Waals surface area (Å²) in [5.41, 5.74) is 0.494. The number of hydrogen-bond donors (Lipinski definition) is 1. The zero-order valence-electron chi connectivity index (χ0n) is 9.35. The van der Waals surface area contributed by atoms with Crippen LogP contribution in [0.1, 0.15) is 20.0 Å². The Balaban J connectivity index is 1.95. The molecule has 0 aliphatic rings. The number of benzene rings is 1. The lowest BCUT2D eigenvalue weighted by molar-refractivity contribution is 0.0906. The second-order valence-electron chi connectivity index (χ2n) is 3.59. The smallest absolute Gasteiger partial charge is 0.261 e. The Hall–Kier alpha value is -1.65. The molecule has 2 rings (SSSR count). The molecule has 18 heavy (non-hydrogen) atoms. The zero-order chi connectivity index (χ0) is 13.0. The fraction of sp³-hybridized carbons (Fsp3) is 0.0769. The first-order valence-corrected chi connectivity index (χ1v) is 6.53. The third-order valence-electron chi connectivity index (χ3n) is 2.30. The van der Waals surface area contributed by atoms with Crippen molar-refractivity contribution in [1.29, 1.82) is 0 Å². The second kappa shape index (κ2) is 5.80. The molecule has 1 heterocycles. The zero-order valence-corrected chi connectivity index (χ0v) is 10.9. The van der Waals surface area contributed by atoms with Crippen LogP contribution in [0, 0.1) is 0 Å². The van der Waals surface area contributed by atoms with Gasteiger partial charge in [-0.25, -0.2) is 0 Å². The third-order valence-corrected chi connectivity index (χ3v) is 3.40. The van der Waals surface area contributed by atoms with E-state index in [1.807, 2.05) is 5.38 Å². The van der Waals surface area contributed by atoms with Crippen LogP contribution < -0.4 is 5.32 Å². The minimum absolute atomic E-state index is 0.0307. The molecule has 0 aliphatic carbocycles. The summed E-state index contributed by atoms with van der Waals surface area (Å²) in [7, 11) is 0. The van der Waals surface area contributed by atoms with Gasteiger partial charge in [0.05, 0.1) is 11.4 Å². The molecule has 0 fully saturated rings. The average molecular weight is 280 g/mol. The topological polar surface area (TPSA) is 46.2 Å². The highest BCUT2D eigenvalue weighted by atomic mass is 35.5. The molecule has 0 radical (unpaired) electrons. The minimum atomic E-state index is -0.236. The number of rotatable bonds is 4. The molecule has 0 saturated carbocycles. The number of ketones is 1. The number of Topliss-reactive ketones (excluding diaryl/α,β-unsaturated/α-hetero) is 1. The van der Waals surface area contributed by atoms with Gasteiger partial charge in [0.2, 0.25) is 0 Å². The van der Waals surface area contributed by atoms with Gasteiger partial charge in [0.15, 0.2) is 5.78 Å². The summed E-state index contributed by atoms with van der Waals surface area (Å²) in [6, 6.07) is 10.2. The van der Waals surface area contributed by atoms with Crippen LogP contribution in [0.15, 0.2) is 41.8 Å². The van der Waals surface area contributed by atoms with Crippen molar-refractivity contribution in [3.63, 3.8) is 0 Å². The summed E-state index contributed by atoms with van der Waals surface area (Å²) in [4.78, 5) is 24.0. The van der Waals surface area contributed by atoms with Crippen LogP contribution >= 0.6 is 22.9 Å². The van der Waals surface area contributed by atoms with Crippen LogP contribution in [0.25, 0.3) is 0 Å². The van der Waals surface area contributed by atoms with Gasteiger partial charge < -0.3 is 5.32 Å². The quantitative estimate of drug-likeness (QED) is 0.875. The number of carbonyl (C=O) groups is 2. The number of thiophene rings is 1. The van der Waals surface area contributed by atoms with Crippen molar-refractivity contribution in [2.45, 2.75) is 0 Å². The predicted molar refractivity (Wildman–Crippen MR) is 72.4 cm³/mol. The molecule has 1 amide bonds. The maximum atomic E-state index is 11.8. The van der Waals surface area contributed by atoms with E-state index in [2.05, 4.69) is 5.32 Å². The molecule has 0 unspecified atom stereocenters. The first-order chi connectivity index (χ1) is 8.66. The Labute approximate surface area is 113 Å². The van der Waals surface area contributed by atoms with Crippen molar-refractivity contribution in [2.24, 2.45) is 0 Å². The monoisotopic (exact) mass is 279 g/mol. The minimum Gasteiger partial charge on any atom is -0.344 e. The van der Waals surface area contributed by atoms with Crippen molar-refractivity contribution in [2.75, 3.05) is 6.54 Å². The van der Waals surface area contributed by atoms with Crippen LogP contribution in [0.5, 0.6) is 0 Å². The van der Waals surface area contributed by atoms with Crippen molar-refractivity contribution < 1.29 is 9.59 Å². The molecule has 92 valence electrons. The van der Waals surface area contributed by atoms with E-state index in [-0.39, 0.29) is 18.2 Å². The molecular formula is C13H10ClNO2S. The number of amides is 1. The van der Waals surface area contributed by atoms with E-state index in [0.29, 0.717) is 15.5 Å². The van der Waals surface area contributed by atoms with Crippen molar-refractivity contribution in [1.82, 2.24) is 5.32 Å². The Morgan fingerprint density at radius 2 is 2.06 bits per heavy atom. The largest absolute Gasteiger partial charge is 0.344 e. The molecule has 1 N–H and O–H groups in total. The molecule has 0 spiro atoms. The van der Waals surface area contributed by atoms with Crippen LogP contribution in [0.3, 0.4) is 0 Å². The van der Waals surface area contributed by atoms with E-state index in [1.165, 1.54) is 11.3 Å². The third kappa shape index (κ3) is 3.18. The molecule has 0 atom stereocenters. The standard InChI is InChI=1S/C13H10ClNO2S/c14-10-4-1-3-9(7-10)11(16)8-15-13(17)12-5-2-6-18-12/h1-7H,8H2,(H,15,17). The lowest BCUT2D eigenvalue weighted by Gasteiger charge is -2.03. The fourth-order valence-corrected chi connectivity index (χ4v) is 2.25. The van der Waals surface area contributed by atoms with E-state index in [9.17, 15) is 9.59 Å². The average Bonchev–Trinajstić information content (AvgIpc) is 2.89. The Morgan fingerprint density at radius 3 is 2.72 bits per heavy atom. The summed E-state index contributed by atoms with van der Waals surface area (Å²) < 4.78 is 0. The molecule has 0 bridgehead atoms. The van der Waals surface area contributed by atoms with Crippen LogP contribution in [0.4, 0.5) is 0 Å². The summed E-state index contributed by atoms with van der Waals surface area (Å²) >= 11 is 7.13. The van der Waals surface area contributed by atoms with E-state index >= 15 is 0 Å². The lowest BCUT2D eigenvalue weighted by Crippen LogP contribution is -2.28. The predicted octanol–water partition coefficient (Wildman–Crippen LogP) is 3.01. The van der Waals surface area contributed by atoms with E-state index in [1.54, 1.807) is 36.4 Å². The molecule has 2 aromatic rings. The van der Waals surface area contributed by atoms with Gasteiger partial charge >= 0.3 is 0 Å². The van der Waals surface area contributed by atoms with Gasteiger partial charge in [-0.3, -0.25) is 9.59 Å². The summed E-state index contributed by atoms with van der Waals surface area (Å²) in [5, 5.41) is 4.90. The molecule has 1 aromatic heterocycles. The molecule has 5 heteroatoms. The van der Waals surface area contributed by atoms with Gasteiger partial charge in [0, 0.05) is 10.6 Å². The number of nitrogens with one attached hydrogen (secondary N) is 1. The van der Waals surface area contributed by atoms with Gasteiger partial charge in [0.25, 0.3) is 5.91 Å². The van der Waals surface area contributed by atoms with Crippen LogP contribution in [-0.4, -0.2) is 18.2 Å². The van der Waals surface area contributed by atoms with Gasteiger partial charge in [-0.05, 0) is 23.6 Å². The Morgan fingerprint density at radius 1 is 1.22 bits per heavy atom. The SMILES string of the molecule is O=C(CNC(=O)c1cccs1)c1cccc(Cl)c1. The van der Waals surface area contributed by atoms with Gasteiger partial charge in [-0.1, -0.05) is 29.8 Å². The summed E-state index contributed by atoms with van der Waals surface area (Å²) in [6.07, 6.45) is 0. The maximum absolute atomic E-state index is 11.8.